The number of fused-ring (bicyclic) bond motifs is 1. The van der Waals surface area contributed by atoms with Gasteiger partial charge in [0.05, 0.1) is 6.10 Å². The first-order valence-electron chi connectivity index (χ1n) is 12.5. The van der Waals surface area contributed by atoms with Crippen LogP contribution in [0.1, 0.15) is 121 Å². The summed E-state index contributed by atoms with van der Waals surface area (Å²) in [6, 6.07) is 14.6. The maximum absolute atomic E-state index is 10.6. The Morgan fingerprint density at radius 3 is 1.66 bits per heavy atom. The third-order valence-electron chi connectivity index (χ3n) is 6.26. The summed E-state index contributed by atoms with van der Waals surface area (Å²) in [4.78, 5) is 0. The molecule has 0 saturated carbocycles. The van der Waals surface area contributed by atoms with Crippen molar-refractivity contribution in [2.75, 3.05) is 0 Å². The predicted molar refractivity (Wildman–Crippen MR) is 128 cm³/mol. The molecule has 29 heavy (non-hydrogen) atoms. The van der Waals surface area contributed by atoms with Crippen molar-refractivity contribution < 1.29 is 5.11 Å². The first kappa shape index (κ1) is 23.9. The number of aliphatic hydroxyl groups excluding tert-OH is 1. The molecular formula is C28H44O. The number of hydrogen-bond acceptors (Lipinski definition) is 1. The summed E-state index contributed by atoms with van der Waals surface area (Å²) in [5.41, 5.74) is 1.09. The minimum absolute atomic E-state index is 0.330. The van der Waals surface area contributed by atoms with Crippen molar-refractivity contribution in [2.24, 2.45) is 0 Å². The molecule has 1 nitrogen and oxygen atoms in total. The Balaban J connectivity index is 1.43. The van der Waals surface area contributed by atoms with Crippen LogP contribution in [0, 0.1) is 0 Å². The van der Waals surface area contributed by atoms with Crippen LogP contribution in [0.4, 0.5) is 0 Å². The Hall–Kier alpha value is -1.34. The standard InChI is InChI=1S/C28H44O/c1-2-3-4-5-6-7-8-9-10-11-12-13-14-15-16-24-28(29)27-23-19-21-25-20-17-18-22-26(25)27/h17-23,28-29H,2-16,24H2,1H3. The molecule has 0 radical (unpaired) electrons. The van der Waals surface area contributed by atoms with Crippen molar-refractivity contribution in [3.8, 4) is 0 Å². The molecule has 2 aromatic rings. The molecule has 0 aliphatic rings. The van der Waals surface area contributed by atoms with E-state index >= 15 is 0 Å². The van der Waals surface area contributed by atoms with Crippen molar-refractivity contribution >= 4 is 10.8 Å². The molecule has 1 unspecified atom stereocenters. The van der Waals surface area contributed by atoms with Gasteiger partial charge in [-0.3, -0.25) is 0 Å². The lowest BCUT2D eigenvalue weighted by atomic mass is 9.96. The van der Waals surface area contributed by atoms with Gasteiger partial charge in [-0.1, -0.05) is 146 Å². The zero-order valence-corrected chi connectivity index (χ0v) is 18.9. The SMILES string of the molecule is CCCCCCCCCCCCCCCCCC(O)c1cccc2ccccc12. The van der Waals surface area contributed by atoms with Crippen LogP contribution in [0.25, 0.3) is 10.8 Å². The van der Waals surface area contributed by atoms with Gasteiger partial charge in [0.15, 0.2) is 0 Å². The highest BCUT2D eigenvalue weighted by Crippen LogP contribution is 2.27. The molecule has 162 valence electrons. The molecule has 0 amide bonds. The zero-order chi connectivity index (χ0) is 20.6. The van der Waals surface area contributed by atoms with Crippen molar-refractivity contribution in [3.05, 3.63) is 48.0 Å². The number of aliphatic hydroxyl groups is 1. The van der Waals surface area contributed by atoms with Crippen LogP contribution in [0.2, 0.25) is 0 Å². The largest absolute Gasteiger partial charge is 0.388 e. The molecule has 0 bridgehead atoms. The highest BCUT2D eigenvalue weighted by Gasteiger charge is 2.10. The van der Waals surface area contributed by atoms with E-state index in [1.807, 2.05) is 0 Å². The van der Waals surface area contributed by atoms with Crippen molar-refractivity contribution in [3.63, 3.8) is 0 Å². The Morgan fingerprint density at radius 1 is 0.586 bits per heavy atom. The lowest BCUT2D eigenvalue weighted by Gasteiger charge is -2.13. The predicted octanol–water partition coefficient (Wildman–Crippen LogP) is 9.13. The first-order valence-corrected chi connectivity index (χ1v) is 12.5. The molecule has 1 atom stereocenters. The van der Waals surface area contributed by atoms with Crippen LogP contribution in [0.5, 0.6) is 0 Å². The van der Waals surface area contributed by atoms with Gasteiger partial charge in [-0.05, 0) is 22.8 Å². The van der Waals surface area contributed by atoms with Crippen LogP contribution in [-0.2, 0) is 0 Å². The quantitative estimate of drug-likeness (QED) is 0.264. The third kappa shape index (κ3) is 9.81. The van der Waals surface area contributed by atoms with E-state index in [2.05, 4.69) is 49.4 Å². The van der Waals surface area contributed by atoms with Gasteiger partial charge >= 0.3 is 0 Å². The molecule has 0 heterocycles. The van der Waals surface area contributed by atoms with E-state index in [9.17, 15) is 5.11 Å². The fraction of sp³-hybridized carbons (Fsp3) is 0.643. The number of rotatable bonds is 17. The molecule has 2 aromatic carbocycles. The molecule has 0 fully saturated rings. The van der Waals surface area contributed by atoms with Gasteiger partial charge in [0.2, 0.25) is 0 Å². The van der Waals surface area contributed by atoms with E-state index in [1.165, 1.54) is 101 Å². The molecule has 0 spiro atoms. The second-order valence-corrected chi connectivity index (χ2v) is 8.82. The van der Waals surface area contributed by atoms with Crippen LogP contribution in [0.15, 0.2) is 42.5 Å². The normalized spacial score (nSPS) is 12.5. The van der Waals surface area contributed by atoms with Gasteiger partial charge in [-0.2, -0.15) is 0 Å². The van der Waals surface area contributed by atoms with Crippen molar-refractivity contribution in [1.82, 2.24) is 0 Å². The molecular weight excluding hydrogens is 352 g/mol. The van der Waals surface area contributed by atoms with Crippen LogP contribution in [-0.4, -0.2) is 5.11 Å². The van der Waals surface area contributed by atoms with Gasteiger partial charge in [-0.15, -0.1) is 0 Å². The Labute approximate surface area is 179 Å². The lowest BCUT2D eigenvalue weighted by molar-refractivity contribution is 0.165. The summed E-state index contributed by atoms with van der Waals surface area (Å²) < 4.78 is 0. The highest BCUT2D eigenvalue weighted by atomic mass is 16.3. The van der Waals surface area contributed by atoms with Gasteiger partial charge in [0.25, 0.3) is 0 Å². The maximum atomic E-state index is 10.6. The van der Waals surface area contributed by atoms with Gasteiger partial charge in [0.1, 0.15) is 0 Å². The van der Waals surface area contributed by atoms with E-state index in [0.29, 0.717) is 0 Å². The monoisotopic (exact) mass is 396 g/mol. The van der Waals surface area contributed by atoms with Crippen LogP contribution < -0.4 is 0 Å². The summed E-state index contributed by atoms with van der Waals surface area (Å²) in [5.74, 6) is 0. The smallest absolute Gasteiger partial charge is 0.0796 e. The molecule has 1 heteroatoms. The molecule has 0 aliphatic carbocycles. The zero-order valence-electron chi connectivity index (χ0n) is 18.9. The first-order chi connectivity index (χ1) is 14.3. The van der Waals surface area contributed by atoms with E-state index < -0.39 is 0 Å². The topological polar surface area (TPSA) is 20.2 Å². The second-order valence-electron chi connectivity index (χ2n) is 8.82. The van der Waals surface area contributed by atoms with Gasteiger partial charge in [-0.25, -0.2) is 0 Å². The molecule has 0 aliphatic heterocycles. The number of hydrogen-bond donors (Lipinski definition) is 1. The third-order valence-corrected chi connectivity index (χ3v) is 6.26. The van der Waals surface area contributed by atoms with Crippen LogP contribution >= 0.6 is 0 Å². The Bertz CT molecular complexity index is 642. The van der Waals surface area contributed by atoms with E-state index in [0.717, 1.165) is 18.4 Å². The summed E-state index contributed by atoms with van der Waals surface area (Å²) in [7, 11) is 0. The summed E-state index contributed by atoms with van der Waals surface area (Å²) >= 11 is 0. The minimum Gasteiger partial charge on any atom is -0.388 e. The van der Waals surface area contributed by atoms with E-state index in [1.54, 1.807) is 0 Å². The van der Waals surface area contributed by atoms with Gasteiger partial charge < -0.3 is 5.11 Å². The number of benzene rings is 2. The van der Waals surface area contributed by atoms with E-state index in [4.69, 9.17) is 0 Å². The van der Waals surface area contributed by atoms with Gasteiger partial charge in [0, 0.05) is 0 Å². The molecule has 0 aromatic heterocycles. The molecule has 2 rings (SSSR count). The average Bonchev–Trinajstić information content (AvgIpc) is 2.76. The number of unbranched alkanes of at least 4 members (excludes halogenated alkanes) is 14. The van der Waals surface area contributed by atoms with Crippen molar-refractivity contribution in [1.29, 1.82) is 0 Å². The average molecular weight is 397 g/mol. The summed E-state index contributed by atoms with van der Waals surface area (Å²) in [6.07, 6.45) is 21.3. The lowest BCUT2D eigenvalue weighted by Crippen LogP contribution is -1.98. The molecule has 1 N–H and O–H groups in total. The Kier molecular flexibility index (Phi) is 12.8. The fourth-order valence-corrected chi connectivity index (χ4v) is 4.41. The minimum atomic E-state index is -0.330. The maximum Gasteiger partial charge on any atom is 0.0796 e. The Morgan fingerprint density at radius 2 is 1.07 bits per heavy atom. The fourth-order valence-electron chi connectivity index (χ4n) is 4.41. The van der Waals surface area contributed by atoms with Crippen LogP contribution in [0.3, 0.4) is 0 Å². The summed E-state index contributed by atoms with van der Waals surface area (Å²) in [5, 5.41) is 13.0. The molecule has 0 saturated heterocycles. The van der Waals surface area contributed by atoms with E-state index in [-0.39, 0.29) is 6.10 Å². The highest BCUT2D eigenvalue weighted by molar-refractivity contribution is 5.85. The van der Waals surface area contributed by atoms with Crippen molar-refractivity contribution in [2.45, 2.75) is 116 Å². The second kappa shape index (κ2) is 15.5. The summed E-state index contributed by atoms with van der Waals surface area (Å²) in [6.45, 7) is 2.29.